The minimum Gasteiger partial charge on any atom is -0.479 e. The van der Waals surface area contributed by atoms with Gasteiger partial charge in [-0.05, 0) is 32.0 Å². The number of hydrogen-bond acceptors (Lipinski definition) is 4. The SMILES string of the molecule is CC(C)(Oc1cccc(Cl)c1)C(=O)N1CCOC(C(=O)O)C1. The standard InChI is InChI=1S/C15H18ClNO5/c1-15(2,22-11-5-3-4-10(16)8-11)14(20)17-6-7-21-12(9-17)13(18)19/h3-5,8,12H,6-7,9H2,1-2H3,(H,18,19). The normalized spacial score (nSPS) is 18.9. The number of carboxylic acid groups (broad SMARTS) is 1. The van der Waals surface area contributed by atoms with E-state index in [1.807, 2.05) is 0 Å². The first-order chi connectivity index (χ1) is 10.3. The molecule has 1 aliphatic heterocycles. The monoisotopic (exact) mass is 327 g/mol. The first kappa shape index (κ1) is 16.6. The number of halogens is 1. The number of nitrogens with zero attached hydrogens (tertiary/aromatic N) is 1. The lowest BCUT2D eigenvalue weighted by Gasteiger charge is -2.36. The Balaban J connectivity index is 2.07. The molecule has 0 saturated carbocycles. The van der Waals surface area contributed by atoms with Gasteiger partial charge in [-0.15, -0.1) is 0 Å². The molecule has 0 spiro atoms. The van der Waals surface area contributed by atoms with Crippen molar-refractivity contribution >= 4 is 23.5 Å². The van der Waals surface area contributed by atoms with E-state index in [2.05, 4.69) is 0 Å². The van der Waals surface area contributed by atoms with Gasteiger partial charge in [0.15, 0.2) is 11.7 Å². The zero-order chi connectivity index (χ0) is 16.3. The summed E-state index contributed by atoms with van der Waals surface area (Å²) in [6.45, 7) is 3.82. The van der Waals surface area contributed by atoms with Crippen molar-refractivity contribution in [3.05, 3.63) is 29.3 Å². The van der Waals surface area contributed by atoms with E-state index in [4.69, 9.17) is 26.2 Å². The second-order valence-electron chi connectivity index (χ2n) is 5.52. The van der Waals surface area contributed by atoms with E-state index in [0.717, 1.165) is 0 Å². The number of morpholine rings is 1. The summed E-state index contributed by atoms with van der Waals surface area (Å²) in [7, 11) is 0. The van der Waals surface area contributed by atoms with Gasteiger partial charge in [0.25, 0.3) is 5.91 Å². The van der Waals surface area contributed by atoms with Crippen LogP contribution in [0.4, 0.5) is 0 Å². The topological polar surface area (TPSA) is 76.1 Å². The number of rotatable bonds is 4. The first-order valence-electron chi connectivity index (χ1n) is 6.88. The Labute approximate surface area is 133 Å². The highest BCUT2D eigenvalue weighted by molar-refractivity contribution is 6.30. The highest BCUT2D eigenvalue weighted by Gasteiger charge is 2.38. The fourth-order valence-corrected chi connectivity index (χ4v) is 2.41. The Kier molecular flexibility index (Phi) is 4.93. The van der Waals surface area contributed by atoms with Gasteiger partial charge in [0.1, 0.15) is 5.75 Å². The summed E-state index contributed by atoms with van der Waals surface area (Å²) in [5.74, 6) is -0.887. The minimum absolute atomic E-state index is 0.0104. The van der Waals surface area contributed by atoms with E-state index in [-0.39, 0.29) is 19.1 Å². The third kappa shape index (κ3) is 3.90. The van der Waals surface area contributed by atoms with Crippen molar-refractivity contribution in [3.63, 3.8) is 0 Å². The number of carbonyl (C=O) groups excluding carboxylic acids is 1. The summed E-state index contributed by atoms with van der Waals surface area (Å²) in [6, 6.07) is 6.77. The van der Waals surface area contributed by atoms with Crippen LogP contribution in [0.25, 0.3) is 0 Å². The van der Waals surface area contributed by atoms with Crippen molar-refractivity contribution in [1.29, 1.82) is 0 Å². The van der Waals surface area contributed by atoms with Crippen LogP contribution in [0.3, 0.4) is 0 Å². The number of amides is 1. The molecule has 0 aliphatic carbocycles. The number of carbonyl (C=O) groups is 2. The van der Waals surface area contributed by atoms with Crippen LogP contribution < -0.4 is 4.74 Å². The average Bonchev–Trinajstić information content (AvgIpc) is 2.46. The van der Waals surface area contributed by atoms with Gasteiger partial charge < -0.3 is 19.5 Å². The lowest BCUT2D eigenvalue weighted by atomic mass is 10.1. The number of carboxylic acids is 1. The van der Waals surface area contributed by atoms with Crippen LogP contribution in [0.5, 0.6) is 5.75 Å². The zero-order valence-corrected chi connectivity index (χ0v) is 13.2. The summed E-state index contributed by atoms with van der Waals surface area (Å²) in [5.41, 5.74) is -1.13. The third-order valence-electron chi connectivity index (χ3n) is 3.31. The van der Waals surface area contributed by atoms with Crippen molar-refractivity contribution in [3.8, 4) is 5.75 Å². The highest BCUT2D eigenvalue weighted by atomic mass is 35.5. The molecule has 120 valence electrons. The summed E-state index contributed by atoms with van der Waals surface area (Å²) in [4.78, 5) is 25.0. The molecule has 0 bridgehead atoms. The van der Waals surface area contributed by atoms with Crippen molar-refractivity contribution in [2.45, 2.75) is 25.6 Å². The van der Waals surface area contributed by atoms with Crippen LogP contribution in [0, 0.1) is 0 Å². The quantitative estimate of drug-likeness (QED) is 0.912. The molecule has 1 heterocycles. The van der Waals surface area contributed by atoms with Crippen LogP contribution in [0.2, 0.25) is 5.02 Å². The van der Waals surface area contributed by atoms with Gasteiger partial charge in [0.05, 0.1) is 13.2 Å². The molecule has 1 amide bonds. The lowest BCUT2D eigenvalue weighted by Crippen LogP contribution is -2.55. The molecular formula is C15H18ClNO5. The van der Waals surface area contributed by atoms with Crippen molar-refractivity contribution < 1.29 is 24.2 Å². The van der Waals surface area contributed by atoms with Crippen LogP contribution in [0.15, 0.2) is 24.3 Å². The molecule has 2 rings (SSSR count). The molecule has 1 aliphatic rings. The number of ether oxygens (including phenoxy) is 2. The largest absolute Gasteiger partial charge is 0.479 e. The number of benzene rings is 1. The predicted molar refractivity (Wildman–Crippen MR) is 80.1 cm³/mol. The Morgan fingerprint density at radius 2 is 2.18 bits per heavy atom. The average molecular weight is 328 g/mol. The Morgan fingerprint density at radius 3 is 2.82 bits per heavy atom. The van der Waals surface area contributed by atoms with Gasteiger partial charge in [-0.2, -0.15) is 0 Å². The van der Waals surface area contributed by atoms with Gasteiger partial charge in [0, 0.05) is 11.6 Å². The number of hydrogen-bond donors (Lipinski definition) is 1. The van der Waals surface area contributed by atoms with Crippen molar-refractivity contribution in [2.75, 3.05) is 19.7 Å². The Hall–Kier alpha value is -1.79. The molecule has 22 heavy (non-hydrogen) atoms. The second-order valence-corrected chi connectivity index (χ2v) is 5.96. The molecule has 0 aromatic heterocycles. The summed E-state index contributed by atoms with van der Waals surface area (Å²) < 4.78 is 10.8. The molecule has 1 atom stereocenters. The predicted octanol–water partition coefficient (Wildman–Crippen LogP) is 1.81. The third-order valence-corrected chi connectivity index (χ3v) is 3.55. The van der Waals surface area contributed by atoms with E-state index in [0.29, 0.717) is 17.3 Å². The molecule has 1 aromatic rings. The molecule has 0 radical (unpaired) electrons. The number of aliphatic carboxylic acids is 1. The van der Waals surface area contributed by atoms with Gasteiger partial charge in [-0.1, -0.05) is 17.7 Å². The first-order valence-corrected chi connectivity index (χ1v) is 7.26. The van der Waals surface area contributed by atoms with E-state index in [1.165, 1.54) is 4.90 Å². The van der Waals surface area contributed by atoms with Crippen LogP contribution in [-0.2, 0) is 14.3 Å². The van der Waals surface area contributed by atoms with Gasteiger partial charge in [-0.3, -0.25) is 4.79 Å². The summed E-state index contributed by atoms with van der Waals surface area (Å²) in [5, 5.41) is 9.51. The summed E-state index contributed by atoms with van der Waals surface area (Å²) >= 11 is 5.90. The maximum atomic E-state index is 12.6. The fourth-order valence-electron chi connectivity index (χ4n) is 2.23. The Morgan fingerprint density at radius 1 is 1.45 bits per heavy atom. The van der Waals surface area contributed by atoms with E-state index in [1.54, 1.807) is 38.1 Å². The van der Waals surface area contributed by atoms with E-state index >= 15 is 0 Å². The molecule has 1 aromatic carbocycles. The maximum absolute atomic E-state index is 12.6. The molecule has 6 nitrogen and oxygen atoms in total. The molecule has 1 saturated heterocycles. The molecular weight excluding hydrogens is 310 g/mol. The van der Waals surface area contributed by atoms with Crippen LogP contribution in [-0.4, -0.2) is 53.3 Å². The lowest BCUT2D eigenvalue weighted by molar-refractivity contribution is -0.164. The van der Waals surface area contributed by atoms with Crippen LogP contribution >= 0.6 is 11.6 Å². The van der Waals surface area contributed by atoms with Gasteiger partial charge in [0.2, 0.25) is 0 Å². The van der Waals surface area contributed by atoms with Gasteiger partial charge in [-0.25, -0.2) is 4.79 Å². The van der Waals surface area contributed by atoms with Gasteiger partial charge >= 0.3 is 5.97 Å². The second kappa shape index (κ2) is 6.54. The van der Waals surface area contributed by atoms with E-state index in [9.17, 15) is 9.59 Å². The van der Waals surface area contributed by atoms with Crippen LogP contribution in [0.1, 0.15) is 13.8 Å². The van der Waals surface area contributed by atoms with Crippen molar-refractivity contribution in [1.82, 2.24) is 4.90 Å². The smallest absolute Gasteiger partial charge is 0.334 e. The molecule has 7 heteroatoms. The maximum Gasteiger partial charge on any atom is 0.334 e. The van der Waals surface area contributed by atoms with E-state index < -0.39 is 17.7 Å². The fraction of sp³-hybridized carbons (Fsp3) is 0.467. The highest BCUT2D eigenvalue weighted by Crippen LogP contribution is 2.24. The zero-order valence-electron chi connectivity index (χ0n) is 12.4. The molecule has 1 unspecified atom stereocenters. The Bertz CT molecular complexity index is 575. The molecule has 1 N–H and O–H groups in total. The van der Waals surface area contributed by atoms with Crippen molar-refractivity contribution in [2.24, 2.45) is 0 Å². The summed E-state index contributed by atoms with van der Waals surface area (Å²) in [6.07, 6.45) is -1.00. The molecule has 1 fully saturated rings. The minimum atomic E-state index is -1.13.